The molecule has 1 fully saturated rings. The molecule has 1 aliphatic heterocycles. The number of nitrogens with zero attached hydrogens (tertiary/aromatic N) is 3. The summed E-state index contributed by atoms with van der Waals surface area (Å²) in [6, 6.07) is 14.4. The van der Waals surface area contributed by atoms with Crippen LogP contribution in [0, 0.1) is 0 Å². The van der Waals surface area contributed by atoms with Crippen molar-refractivity contribution >= 4 is 29.3 Å². The highest BCUT2D eigenvalue weighted by atomic mass is 19.4. The Labute approximate surface area is 223 Å². The van der Waals surface area contributed by atoms with Crippen LogP contribution in [-0.2, 0) is 35.0 Å². The van der Waals surface area contributed by atoms with Gasteiger partial charge >= 0.3 is 12.3 Å². The van der Waals surface area contributed by atoms with Crippen LogP contribution in [0.5, 0.6) is 0 Å². The Morgan fingerprint density at radius 3 is 2.28 bits per heavy atom. The first kappa shape index (κ1) is 27.7. The third-order valence-electron chi connectivity index (χ3n) is 6.50. The van der Waals surface area contributed by atoms with E-state index < -0.39 is 23.7 Å². The smallest absolute Gasteiger partial charge is 0.419 e. The van der Waals surface area contributed by atoms with Gasteiger partial charge in [0.05, 0.1) is 17.7 Å². The van der Waals surface area contributed by atoms with Crippen LogP contribution in [0.25, 0.3) is 0 Å². The van der Waals surface area contributed by atoms with Crippen molar-refractivity contribution in [3.8, 4) is 0 Å². The van der Waals surface area contributed by atoms with E-state index in [1.807, 2.05) is 12.1 Å². The number of rotatable bonds is 9. The molecule has 0 saturated carbocycles. The van der Waals surface area contributed by atoms with Gasteiger partial charge in [-0.3, -0.25) is 4.79 Å². The number of aryl methyl sites for hydroxylation is 2. The fourth-order valence-corrected chi connectivity index (χ4v) is 4.60. The number of amides is 2. The van der Waals surface area contributed by atoms with E-state index in [0.717, 1.165) is 17.4 Å². The number of anilines is 3. The number of hydrogen-bond acceptors (Lipinski definition) is 7. The zero-order valence-corrected chi connectivity index (χ0v) is 21.1. The Kier molecular flexibility index (Phi) is 8.52. The van der Waals surface area contributed by atoms with Crippen LogP contribution >= 0.6 is 0 Å². The number of halogens is 3. The summed E-state index contributed by atoms with van der Waals surface area (Å²) in [5, 5.41) is 2.98. The second kappa shape index (κ2) is 12.0. The van der Waals surface area contributed by atoms with Crippen molar-refractivity contribution in [1.82, 2.24) is 9.97 Å². The van der Waals surface area contributed by atoms with Crippen LogP contribution < -0.4 is 21.7 Å². The lowest BCUT2D eigenvalue weighted by molar-refractivity contribution is -0.138. The van der Waals surface area contributed by atoms with Crippen LogP contribution in [0.3, 0.4) is 0 Å². The molecule has 0 bridgehead atoms. The molecule has 3 aromatic rings. The molecule has 2 amide bonds. The number of nitrogens with one attached hydrogen (secondary N) is 1. The molecule has 4 rings (SSSR count). The lowest BCUT2D eigenvalue weighted by atomic mass is 9.98. The minimum Gasteiger partial charge on any atom is -0.446 e. The molecule has 2 aromatic carbocycles. The second-order valence-corrected chi connectivity index (χ2v) is 9.26. The van der Waals surface area contributed by atoms with Gasteiger partial charge in [-0.1, -0.05) is 24.3 Å². The molecule has 5 N–H and O–H groups in total. The summed E-state index contributed by atoms with van der Waals surface area (Å²) in [5.41, 5.74) is 12.3. The van der Waals surface area contributed by atoms with Gasteiger partial charge in [-0.2, -0.15) is 13.2 Å². The van der Waals surface area contributed by atoms with Gasteiger partial charge in [-0.15, -0.1) is 0 Å². The minimum atomic E-state index is -4.61. The van der Waals surface area contributed by atoms with Crippen molar-refractivity contribution in [3.63, 3.8) is 0 Å². The van der Waals surface area contributed by atoms with Gasteiger partial charge in [0.2, 0.25) is 11.9 Å². The van der Waals surface area contributed by atoms with Crippen LogP contribution in [0.1, 0.15) is 35.2 Å². The van der Waals surface area contributed by atoms with E-state index in [2.05, 4.69) is 20.2 Å². The number of nitrogens with two attached hydrogens (primary N) is 2. The number of primary amides is 2. The molecule has 206 valence electrons. The Morgan fingerprint density at radius 2 is 1.67 bits per heavy atom. The zero-order chi connectivity index (χ0) is 28.0. The lowest BCUT2D eigenvalue weighted by Crippen LogP contribution is -2.38. The predicted molar refractivity (Wildman–Crippen MR) is 139 cm³/mol. The number of ether oxygens (including phenoxy) is 1. The molecule has 0 unspecified atom stereocenters. The molecule has 0 aliphatic carbocycles. The normalized spacial score (nSPS) is 14.2. The van der Waals surface area contributed by atoms with E-state index in [9.17, 15) is 22.8 Å². The molecule has 9 nitrogen and oxygen atoms in total. The predicted octanol–water partition coefficient (Wildman–Crippen LogP) is 4.12. The molecular weight excluding hydrogens is 513 g/mol. The summed E-state index contributed by atoms with van der Waals surface area (Å²) in [6.45, 7) is 1.39. The van der Waals surface area contributed by atoms with Gasteiger partial charge in [0.1, 0.15) is 6.10 Å². The molecule has 12 heteroatoms. The van der Waals surface area contributed by atoms with Crippen molar-refractivity contribution in [2.75, 3.05) is 23.3 Å². The molecule has 0 radical (unpaired) electrons. The van der Waals surface area contributed by atoms with E-state index in [1.165, 1.54) is 0 Å². The molecule has 0 spiro atoms. The van der Waals surface area contributed by atoms with Gasteiger partial charge in [0, 0.05) is 43.5 Å². The summed E-state index contributed by atoms with van der Waals surface area (Å²) in [7, 11) is 0. The van der Waals surface area contributed by atoms with Crippen LogP contribution in [0.15, 0.2) is 54.7 Å². The number of piperidine rings is 1. The van der Waals surface area contributed by atoms with Gasteiger partial charge < -0.3 is 26.4 Å². The maximum Gasteiger partial charge on any atom is 0.419 e. The van der Waals surface area contributed by atoms with Gasteiger partial charge in [0.25, 0.3) is 0 Å². The number of benzene rings is 2. The molecule has 1 aromatic heterocycles. The number of hydrogen-bond donors (Lipinski definition) is 3. The largest absolute Gasteiger partial charge is 0.446 e. The Balaban J connectivity index is 1.45. The number of alkyl halides is 3. The first-order valence-corrected chi connectivity index (χ1v) is 12.4. The summed E-state index contributed by atoms with van der Waals surface area (Å²) >= 11 is 0. The van der Waals surface area contributed by atoms with Crippen molar-refractivity contribution in [2.24, 2.45) is 11.5 Å². The second-order valence-electron chi connectivity index (χ2n) is 9.26. The molecule has 39 heavy (non-hydrogen) atoms. The highest BCUT2D eigenvalue weighted by molar-refractivity contribution is 5.77. The topological polar surface area (TPSA) is 136 Å². The summed E-state index contributed by atoms with van der Waals surface area (Å²) in [4.78, 5) is 32.5. The maximum absolute atomic E-state index is 13.7. The van der Waals surface area contributed by atoms with E-state index in [0.29, 0.717) is 37.2 Å². The van der Waals surface area contributed by atoms with Crippen molar-refractivity contribution < 1.29 is 27.5 Å². The van der Waals surface area contributed by atoms with E-state index in [-0.39, 0.29) is 37.0 Å². The molecular formula is C27H29F3N6O3. The average Bonchev–Trinajstić information content (AvgIpc) is 2.88. The number of carbonyl (C=O) groups excluding carboxylic acids is 2. The van der Waals surface area contributed by atoms with E-state index in [4.69, 9.17) is 16.2 Å². The first-order valence-electron chi connectivity index (χ1n) is 12.4. The SMILES string of the molecule is NC(=O)Cc1ccccc1CCc1nc(Nc2ccc(N3CCC(OC(N)=O)CC3)cc2)ncc1C(F)(F)F. The Hall–Kier alpha value is -4.35. The third-order valence-corrected chi connectivity index (χ3v) is 6.50. The highest BCUT2D eigenvalue weighted by Crippen LogP contribution is 2.32. The minimum absolute atomic E-state index is 0.00379. The summed E-state index contributed by atoms with van der Waals surface area (Å²) in [5.74, 6) is -0.472. The Morgan fingerprint density at radius 1 is 1.00 bits per heavy atom. The zero-order valence-electron chi connectivity index (χ0n) is 21.1. The summed E-state index contributed by atoms with van der Waals surface area (Å²) < 4.78 is 46.1. The third kappa shape index (κ3) is 7.59. The fourth-order valence-electron chi connectivity index (χ4n) is 4.60. The van der Waals surface area contributed by atoms with Gasteiger partial charge in [-0.25, -0.2) is 14.8 Å². The highest BCUT2D eigenvalue weighted by Gasteiger charge is 2.35. The van der Waals surface area contributed by atoms with Crippen molar-refractivity contribution in [3.05, 3.63) is 77.1 Å². The molecule has 1 saturated heterocycles. The molecule has 2 heterocycles. The standard InChI is InChI=1S/C27H29F3N6O3/c28-27(29,30)22-16-33-26(35-23(22)10-5-17-3-1-2-4-18(17)15-24(31)37)34-19-6-8-20(9-7-19)36-13-11-21(12-14-36)39-25(32)38/h1-4,6-9,16,21H,5,10-15H2,(H2,31,37)(H2,32,38)(H,33,34,35). The maximum atomic E-state index is 13.7. The van der Waals surface area contributed by atoms with Crippen LogP contribution in [0.2, 0.25) is 0 Å². The van der Waals surface area contributed by atoms with Crippen LogP contribution in [0.4, 0.5) is 35.3 Å². The summed E-state index contributed by atoms with van der Waals surface area (Å²) in [6.07, 6.45) is -3.21. The Bertz CT molecular complexity index is 1310. The van der Waals surface area contributed by atoms with Gasteiger partial charge in [0.15, 0.2) is 0 Å². The quantitative estimate of drug-likeness (QED) is 0.370. The van der Waals surface area contributed by atoms with Crippen molar-refractivity contribution in [2.45, 2.75) is 44.4 Å². The van der Waals surface area contributed by atoms with E-state index >= 15 is 0 Å². The molecule has 1 aliphatic rings. The number of aromatic nitrogens is 2. The lowest BCUT2D eigenvalue weighted by Gasteiger charge is -2.33. The fraction of sp³-hybridized carbons (Fsp3) is 0.333. The average molecular weight is 543 g/mol. The van der Waals surface area contributed by atoms with E-state index in [1.54, 1.807) is 36.4 Å². The van der Waals surface area contributed by atoms with Crippen LogP contribution in [-0.4, -0.2) is 41.2 Å². The monoisotopic (exact) mass is 542 g/mol. The first-order chi connectivity index (χ1) is 18.6. The van der Waals surface area contributed by atoms with Crippen molar-refractivity contribution in [1.29, 1.82) is 0 Å². The molecule has 0 atom stereocenters. The van der Waals surface area contributed by atoms with Gasteiger partial charge in [-0.05, 0) is 48.2 Å². The number of carbonyl (C=O) groups is 2.